The van der Waals surface area contributed by atoms with Gasteiger partial charge in [-0.1, -0.05) is 30.3 Å². The van der Waals surface area contributed by atoms with Crippen molar-refractivity contribution in [3.8, 4) is 5.75 Å². The van der Waals surface area contributed by atoms with Crippen molar-refractivity contribution < 1.29 is 17.5 Å². The number of hydrogen-bond acceptors (Lipinski definition) is 5. The van der Waals surface area contributed by atoms with Crippen LogP contribution in [0.4, 0.5) is 15.8 Å². The van der Waals surface area contributed by atoms with E-state index in [1.165, 1.54) is 12.1 Å². The number of nitrogens with zero attached hydrogens (tertiary/aromatic N) is 1. The minimum Gasteiger partial charge on any atom is -0.487 e. The van der Waals surface area contributed by atoms with Crippen LogP contribution in [0.1, 0.15) is 19.4 Å². The van der Waals surface area contributed by atoms with Crippen LogP contribution < -0.4 is 19.7 Å². The van der Waals surface area contributed by atoms with Crippen LogP contribution in [0.2, 0.25) is 0 Å². The van der Waals surface area contributed by atoms with Crippen molar-refractivity contribution in [2.45, 2.75) is 37.4 Å². The van der Waals surface area contributed by atoms with E-state index >= 15 is 0 Å². The van der Waals surface area contributed by atoms with Gasteiger partial charge in [0.2, 0.25) is 0 Å². The molecule has 0 amide bonds. The molecule has 4 rings (SSSR count). The molecule has 34 heavy (non-hydrogen) atoms. The highest BCUT2D eigenvalue weighted by Crippen LogP contribution is 2.33. The molecule has 2 atom stereocenters. The van der Waals surface area contributed by atoms with Gasteiger partial charge in [-0.25, -0.2) is 12.8 Å². The minimum atomic E-state index is -4.05. The highest BCUT2D eigenvalue weighted by Gasteiger charge is 2.24. The molecule has 0 radical (unpaired) electrons. The Balaban J connectivity index is 1.66. The van der Waals surface area contributed by atoms with Crippen molar-refractivity contribution in [3.63, 3.8) is 0 Å². The van der Waals surface area contributed by atoms with Crippen LogP contribution in [0.15, 0.2) is 76.1 Å². The van der Waals surface area contributed by atoms with Gasteiger partial charge < -0.3 is 15.0 Å². The molecule has 6 nitrogen and oxygen atoms in total. The van der Waals surface area contributed by atoms with Crippen LogP contribution >= 0.6 is 15.9 Å². The number of hydrogen-bond donors (Lipinski definition) is 2. The number of rotatable bonds is 7. The number of piperazine rings is 1. The molecular formula is C25H27BrFN3O3S. The molecule has 180 valence electrons. The van der Waals surface area contributed by atoms with Crippen molar-refractivity contribution in [1.29, 1.82) is 0 Å². The number of ether oxygens (including phenoxy) is 1. The highest BCUT2D eigenvalue weighted by atomic mass is 79.9. The van der Waals surface area contributed by atoms with E-state index < -0.39 is 15.8 Å². The van der Waals surface area contributed by atoms with E-state index in [1.807, 2.05) is 36.4 Å². The first-order chi connectivity index (χ1) is 16.2. The molecule has 0 bridgehead atoms. The number of anilines is 2. The van der Waals surface area contributed by atoms with Crippen LogP contribution in [-0.4, -0.2) is 33.6 Å². The van der Waals surface area contributed by atoms with E-state index in [1.54, 1.807) is 12.1 Å². The van der Waals surface area contributed by atoms with Gasteiger partial charge in [-0.2, -0.15) is 0 Å². The van der Waals surface area contributed by atoms with Crippen LogP contribution in [0.25, 0.3) is 0 Å². The molecule has 0 spiro atoms. The molecule has 1 aliphatic rings. The lowest BCUT2D eigenvalue weighted by molar-refractivity contribution is 0.308. The average Bonchev–Trinajstić information content (AvgIpc) is 2.79. The molecule has 0 saturated carbocycles. The van der Waals surface area contributed by atoms with Crippen LogP contribution in [0.5, 0.6) is 5.75 Å². The molecular weight excluding hydrogens is 521 g/mol. The second-order valence-electron chi connectivity index (χ2n) is 8.51. The van der Waals surface area contributed by atoms with E-state index in [0.29, 0.717) is 23.5 Å². The summed E-state index contributed by atoms with van der Waals surface area (Å²) in [5.41, 5.74) is 2.14. The third kappa shape index (κ3) is 5.89. The Kier molecular flexibility index (Phi) is 7.45. The van der Waals surface area contributed by atoms with Crippen molar-refractivity contribution in [1.82, 2.24) is 5.32 Å². The van der Waals surface area contributed by atoms with Gasteiger partial charge in [0.25, 0.3) is 10.0 Å². The summed E-state index contributed by atoms with van der Waals surface area (Å²) >= 11 is 3.06. The molecule has 3 aromatic rings. The molecule has 0 aromatic heterocycles. The average molecular weight is 548 g/mol. The zero-order valence-electron chi connectivity index (χ0n) is 19.0. The summed E-state index contributed by atoms with van der Waals surface area (Å²) in [6.45, 7) is 6.10. The summed E-state index contributed by atoms with van der Waals surface area (Å²) < 4.78 is 49.1. The molecule has 1 saturated heterocycles. The van der Waals surface area contributed by atoms with E-state index in [2.05, 4.69) is 44.7 Å². The number of benzene rings is 3. The van der Waals surface area contributed by atoms with Crippen molar-refractivity contribution >= 4 is 37.3 Å². The Labute approximate surface area is 208 Å². The van der Waals surface area contributed by atoms with Crippen LogP contribution in [0, 0.1) is 5.82 Å². The van der Waals surface area contributed by atoms with E-state index in [-0.39, 0.29) is 16.0 Å². The zero-order valence-corrected chi connectivity index (χ0v) is 21.4. The summed E-state index contributed by atoms with van der Waals surface area (Å²) in [5.74, 6) is -0.258. The van der Waals surface area contributed by atoms with E-state index in [0.717, 1.165) is 30.4 Å². The fraction of sp³-hybridized carbons (Fsp3) is 0.280. The molecule has 1 heterocycles. The maximum Gasteiger partial charge on any atom is 0.262 e. The fourth-order valence-electron chi connectivity index (χ4n) is 4.04. The third-order valence-corrected chi connectivity index (χ3v) is 7.57. The monoisotopic (exact) mass is 547 g/mol. The van der Waals surface area contributed by atoms with Crippen molar-refractivity contribution in [3.05, 3.63) is 82.6 Å². The second-order valence-corrected chi connectivity index (χ2v) is 11.0. The molecule has 2 N–H and O–H groups in total. The highest BCUT2D eigenvalue weighted by molar-refractivity contribution is 9.10. The quantitative estimate of drug-likeness (QED) is 0.427. The Morgan fingerprint density at radius 3 is 2.44 bits per heavy atom. The standard InChI is InChI=1S/C25H27BrFN3O3S/c1-17-14-30(15-18(2)28-17)20-8-11-25(33-16-19-6-4-3-5-7-19)24(12-20)29-34(31,32)21-9-10-22(26)23(27)13-21/h3-13,17-18,28-29H,14-16H2,1-2H3/t17-,18+. The third-order valence-electron chi connectivity index (χ3n) is 5.57. The summed E-state index contributed by atoms with van der Waals surface area (Å²) in [6.07, 6.45) is 0. The topological polar surface area (TPSA) is 70.7 Å². The molecule has 1 aliphatic heterocycles. The number of halogens is 2. The Bertz CT molecular complexity index is 1250. The molecule has 1 fully saturated rings. The lowest BCUT2D eigenvalue weighted by Crippen LogP contribution is -2.54. The molecule has 0 aliphatic carbocycles. The van der Waals surface area contributed by atoms with Gasteiger partial charge in [0.1, 0.15) is 18.2 Å². The number of sulfonamides is 1. The SMILES string of the molecule is C[C@@H]1CN(c2ccc(OCc3ccccc3)c(NS(=O)(=O)c3ccc(Br)c(F)c3)c2)C[C@H](C)N1. The van der Waals surface area contributed by atoms with Gasteiger partial charge >= 0.3 is 0 Å². The first-order valence-electron chi connectivity index (χ1n) is 11.0. The number of nitrogens with one attached hydrogen (secondary N) is 2. The van der Waals surface area contributed by atoms with Crippen molar-refractivity contribution in [2.75, 3.05) is 22.7 Å². The summed E-state index contributed by atoms with van der Waals surface area (Å²) in [5, 5.41) is 3.50. The Morgan fingerprint density at radius 2 is 1.76 bits per heavy atom. The van der Waals surface area contributed by atoms with Crippen LogP contribution in [0.3, 0.4) is 0 Å². The van der Waals surface area contributed by atoms with Crippen molar-refractivity contribution in [2.24, 2.45) is 0 Å². The summed E-state index contributed by atoms with van der Waals surface area (Å²) in [7, 11) is -4.05. The van der Waals surface area contributed by atoms with Gasteiger partial charge in [0.05, 0.1) is 15.1 Å². The van der Waals surface area contributed by atoms with Gasteiger partial charge in [-0.15, -0.1) is 0 Å². The fourth-order valence-corrected chi connectivity index (χ4v) is 5.36. The lowest BCUT2D eigenvalue weighted by atomic mass is 10.1. The maximum absolute atomic E-state index is 14.0. The Hall–Kier alpha value is -2.62. The van der Waals surface area contributed by atoms with E-state index in [9.17, 15) is 12.8 Å². The second kappa shape index (κ2) is 10.3. The Morgan fingerprint density at radius 1 is 1.06 bits per heavy atom. The van der Waals surface area contributed by atoms with Gasteiger partial charge in [-0.05, 0) is 71.7 Å². The van der Waals surface area contributed by atoms with Crippen LogP contribution in [-0.2, 0) is 16.6 Å². The predicted molar refractivity (Wildman–Crippen MR) is 136 cm³/mol. The summed E-state index contributed by atoms with van der Waals surface area (Å²) in [4.78, 5) is 2.04. The summed E-state index contributed by atoms with van der Waals surface area (Å²) in [6, 6.07) is 19.4. The molecule has 3 aromatic carbocycles. The molecule has 0 unspecified atom stereocenters. The smallest absolute Gasteiger partial charge is 0.262 e. The zero-order chi connectivity index (χ0) is 24.3. The first kappa shape index (κ1) is 24.5. The first-order valence-corrected chi connectivity index (χ1v) is 13.3. The predicted octanol–water partition coefficient (Wildman–Crippen LogP) is 5.15. The normalized spacial score (nSPS) is 18.5. The van der Waals surface area contributed by atoms with Gasteiger partial charge in [0.15, 0.2) is 0 Å². The molecule has 9 heteroatoms. The van der Waals surface area contributed by atoms with Gasteiger partial charge in [-0.3, -0.25) is 4.72 Å². The largest absolute Gasteiger partial charge is 0.487 e. The maximum atomic E-state index is 14.0. The van der Waals surface area contributed by atoms with E-state index in [4.69, 9.17) is 4.74 Å². The van der Waals surface area contributed by atoms with Gasteiger partial charge in [0, 0.05) is 30.9 Å². The lowest BCUT2D eigenvalue weighted by Gasteiger charge is -2.38. The minimum absolute atomic E-state index is 0.169.